The molecular weight excluding hydrogens is 254 g/mol. The largest absolute Gasteiger partial charge is 0.259 e. The van der Waals surface area contributed by atoms with E-state index in [1.807, 2.05) is 0 Å². The number of nitrogens with zero attached hydrogens (tertiary/aromatic N) is 1. The van der Waals surface area contributed by atoms with Gasteiger partial charge in [0, 0.05) is 16.0 Å². The van der Waals surface area contributed by atoms with Crippen molar-refractivity contribution in [2.75, 3.05) is 0 Å². The lowest BCUT2D eigenvalue weighted by Gasteiger charge is -2.36. The Bertz CT molecular complexity index is 362. The Morgan fingerprint density at radius 3 is 2.63 bits per heavy atom. The average molecular weight is 281 g/mol. The number of nitriles is 1. The van der Waals surface area contributed by atoms with Crippen LogP contribution in [0.3, 0.4) is 0 Å². The zero-order valence-electron chi connectivity index (χ0n) is 12.3. The summed E-state index contributed by atoms with van der Waals surface area (Å²) in [6.07, 6.45) is 9.05. The Morgan fingerprint density at radius 2 is 2.00 bits per heavy atom. The lowest BCUT2D eigenvalue weighted by Crippen LogP contribution is -2.38. The molecule has 2 saturated carbocycles. The maximum atomic E-state index is 12.9. The monoisotopic (exact) mass is 281 g/mol. The number of rotatable bonds is 3. The summed E-state index contributed by atoms with van der Waals surface area (Å²) in [6.45, 7) is 4.50. The molecule has 3 heteroatoms. The van der Waals surface area contributed by atoms with Gasteiger partial charge >= 0.3 is 0 Å². The minimum absolute atomic E-state index is 0.0425. The van der Waals surface area contributed by atoms with Crippen LogP contribution in [0, 0.1) is 29.1 Å². The molecule has 0 aromatic carbocycles. The molecular formula is C16H27NOS. The average Bonchev–Trinajstić information content (AvgIpc) is 2.45. The molecule has 108 valence electrons. The summed E-state index contributed by atoms with van der Waals surface area (Å²) in [5.41, 5.74) is 0. The van der Waals surface area contributed by atoms with Gasteiger partial charge in [-0.15, -0.1) is 0 Å². The van der Waals surface area contributed by atoms with Crippen molar-refractivity contribution in [1.82, 2.24) is 0 Å². The molecule has 2 aliphatic carbocycles. The lowest BCUT2D eigenvalue weighted by molar-refractivity contribution is 0.309. The molecule has 0 aromatic heterocycles. The van der Waals surface area contributed by atoms with Gasteiger partial charge < -0.3 is 0 Å². The van der Waals surface area contributed by atoms with Crippen LogP contribution in [0.4, 0.5) is 0 Å². The zero-order chi connectivity index (χ0) is 13.8. The van der Waals surface area contributed by atoms with Crippen molar-refractivity contribution in [2.24, 2.45) is 17.8 Å². The maximum absolute atomic E-state index is 12.9. The minimum atomic E-state index is -0.788. The molecule has 2 nitrogen and oxygen atoms in total. The SMILES string of the molecule is CCC1CCC(C#N)C(S(=O)C2CCCC(C)C2)C1. The fourth-order valence-electron chi connectivity index (χ4n) is 3.82. The third-order valence-electron chi connectivity index (χ3n) is 5.16. The highest BCUT2D eigenvalue weighted by Gasteiger charge is 2.37. The van der Waals surface area contributed by atoms with Crippen LogP contribution in [0.2, 0.25) is 0 Å². The molecule has 0 spiro atoms. The van der Waals surface area contributed by atoms with E-state index in [1.54, 1.807) is 0 Å². The van der Waals surface area contributed by atoms with Crippen molar-refractivity contribution < 1.29 is 4.21 Å². The van der Waals surface area contributed by atoms with Gasteiger partial charge in [0.05, 0.1) is 17.2 Å². The molecule has 0 bridgehead atoms. The fourth-order valence-corrected chi connectivity index (χ4v) is 6.22. The second-order valence-corrected chi connectivity index (χ2v) is 8.51. The maximum Gasteiger partial charge on any atom is 0.0668 e. The van der Waals surface area contributed by atoms with Gasteiger partial charge in [0.25, 0.3) is 0 Å². The van der Waals surface area contributed by atoms with Crippen LogP contribution in [-0.2, 0) is 10.8 Å². The second kappa shape index (κ2) is 6.88. The van der Waals surface area contributed by atoms with Crippen molar-refractivity contribution in [1.29, 1.82) is 5.26 Å². The van der Waals surface area contributed by atoms with E-state index < -0.39 is 10.8 Å². The molecule has 0 aliphatic heterocycles. The normalized spacial score (nSPS) is 41.4. The first-order valence-electron chi connectivity index (χ1n) is 7.94. The summed E-state index contributed by atoms with van der Waals surface area (Å²) < 4.78 is 12.9. The van der Waals surface area contributed by atoms with E-state index in [1.165, 1.54) is 19.3 Å². The molecule has 6 unspecified atom stereocenters. The third kappa shape index (κ3) is 3.60. The minimum Gasteiger partial charge on any atom is -0.259 e. The van der Waals surface area contributed by atoms with Crippen LogP contribution in [-0.4, -0.2) is 14.7 Å². The molecule has 2 rings (SSSR count). The molecule has 0 amide bonds. The Kier molecular flexibility index (Phi) is 5.45. The van der Waals surface area contributed by atoms with E-state index >= 15 is 0 Å². The topological polar surface area (TPSA) is 40.9 Å². The van der Waals surface area contributed by atoms with E-state index in [2.05, 4.69) is 19.9 Å². The van der Waals surface area contributed by atoms with Crippen molar-refractivity contribution in [3.05, 3.63) is 0 Å². The predicted octanol–water partition coefficient (Wildman–Crippen LogP) is 4.03. The van der Waals surface area contributed by atoms with Crippen LogP contribution in [0.1, 0.15) is 65.2 Å². The van der Waals surface area contributed by atoms with E-state index in [-0.39, 0.29) is 11.2 Å². The molecule has 0 heterocycles. The van der Waals surface area contributed by atoms with Gasteiger partial charge in [0.2, 0.25) is 0 Å². The molecule has 2 fully saturated rings. The second-order valence-electron chi connectivity index (χ2n) is 6.58. The molecule has 0 radical (unpaired) electrons. The standard InChI is InChI=1S/C16H27NOS/c1-3-13-7-8-14(11-17)16(10-13)19(18)15-6-4-5-12(2)9-15/h12-16H,3-10H2,1-2H3. The molecule has 19 heavy (non-hydrogen) atoms. The number of hydrogen-bond donors (Lipinski definition) is 0. The molecule has 6 atom stereocenters. The van der Waals surface area contributed by atoms with Crippen LogP contribution in [0.25, 0.3) is 0 Å². The van der Waals surface area contributed by atoms with Crippen LogP contribution in [0.5, 0.6) is 0 Å². The fraction of sp³-hybridized carbons (Fsp3) is 0.938. The van der Waals surface area contributed by atoms with Gasteiger partial charge in [-0.1, -0.05) is 33.1 Å². The van der Waals surface area contributed by atoms with E-state index in [0.29, 0.717) is 17.1 Å². The Morgan fingerprint density at radius 1 is 1.21 bits per heavy atom. The number of hydrogen-bond acceptors (Lipinski definition) is 2. The first kappa shape index (κ1) is 15.0. The summed E-state index contributed by atoms with van der Waals surface area (Å²) in [6, 6.07) is 2.44. The first-order valence-corrected chi connectivity index (χ1v) is 9.22. The van der Waals surface area contributed by atoms with Gasteiger partial charge in [-0.25, -0.2) is 0 Å². The van der Waals surface area contributed by atoms with Crippen molar-refractivity contribution in [3.8, 4) is 6.07 Å². The summed E-state index contributed by atoms with van der Waals surface area (Å²) in [5.74, 6) is 1.45. The Hall–Kier alpha value is -0.360. The smallest absolute Gasteiger partial charge is 0.0668 e. The molecule has 2 aliphatic rings. The lowest BCUT2D eigenvalue weighted by atomic mass is 9.81. The third-order valence-corrected chi connectivity index (χ3v) is 7.36. The van der Waals surface area contributed by atoms with Gasteiger partial charge in [-0.3, -0.25) is 4.21 Å². The summed E-state index contributed by atoms with van der Waals surface area (Å²) in [7, 11) is -0.788. The van der Waals surface area contributed by atoms with Crippen LogP contribution >= 0.6 is 0 Å². The van der Waals surface area contributed by atoms with E-state index in [9.17, 15) is 9.47 Å². The summed E-state index contributed by atoms with van der Waals surface area (Å²) in [5, 5.41) is 9.85. The van der Waals surface area contributed by atoms with Gasteiger partial charge in [-0.2, -0.15) is 5.26 Å². The van der Waals surface area contributed by atoms with E-state index in [0.717, 1.165) is 32.1 Å². The summed E-state index contributed by atoms with van der Waals surface area (Å²) in [4.78, 5) is 0. The van der Waals surface area contributed by atoms with Crippen LogP contribution < -0.4 is 0 Å². The Labute approximate surface area is 120 Å². The first-order chi connectivity index (χ1) is 9.15. The van der Waals surface area contributed by atoms with Crippen LogP contribution in [0.15, 0.2) is 0 Å². The van der Waals surface area contributed by atoms with Gasteiger partial charge in [0.15, 0.2) is 0 Å². The molecule has 0 saturated heterocycles. The van der Waals surface area contributed by atoms with Gasteiger partial charge in [-0.05, 0) is 43.9 Å². The van der Waals surface area contributed by atoms with Crippen molar-refractivity contribution >= 4 is 10.8 Å². The Balaban J connectivity index is 2.04. The molecule has 0 aromatic rings. The van der Waals surface area contributed by atoms with Gasteiger partial charge in [0.1, 0.15) is 0 Å². The zero-order valence-corrected chi connectivity index (χ0v) is 13.1. The van der Waals surface area contributed by atoms with Crippen molar-refractivity contribution in [2.45, 2.75) is 75.7 Å². The predicted molar refractivity (Wildman–Crippen MR) is 80.1 cm³/mol. The summed E-state index contributed by atoms with van der Waals surface area (Å²) >= 11 is 0. The highest BCUT2D eigenvalue weighted by atomic mass is 32.2. The highest BCUT2D eigenvalue weighted by molar-refractivity contribution is 7.86. The quantitative estimate of drug-likeness (QED) is 0.783. The van der Waals surface area contributed by atoms with Crippen molar-refractivity contribution in [3.63, 3.8) is 0 Å². The highest BCUT2D eigenvalue weighted by Crippen LogP contribution is 2.37. The van der Waals surface area contributed by atoms with E-state index in [4.69, 9.17) is 0 Å². The molecule has 0 N–H and O–H groups in total.